The normalized spacial score (nSPS) is 11.7. The molecule has 0 saturated heterocycles. The molecular weight excluding hydrogens is 280 g/mol. The molecule has 1 heterocycles. The first-order valence-electron chi connectivity index (χ1n) is 7.04. The number of nitrogens with one attached hydrogen (secondary N) is 1. The molecule has 1 amide bonds. The van der Waals surface area contributed by atoms with Gasteiger partial charge in [0.05, 0.1) is 17.7 Å². The van der Waals surface area contributed by atoms with E-state index in [1.54, 1.807) is 31.2 Å². The lowest BCUT2D eigenvalue weighted by molar-refractivity contribution is 0.0942. The van der Waals surface area contributed by atoms with Crippen LogP contribution < -0.4 is 5.32 Å². The van der Waals surface area contributed by atoms with Gasteiger partial charge >= 0.3 is 0 Å². The van der Waals surface area contributed by atoms with Crippen molar-refractivity contribution in [2.75, 3.05) is 6.54 Å². The molecule has 5 nitrogen and oxygen atoms in total. The second-order valence-electron chi connectivity index (χ2n) is 5.12. The van der Waals surface area contributed by atoms with Crippen molar-refractivity contribution in [3.8, 4) is 6.07 Å². The maximum absolute atomic E-state index is 12.0. The highest BCUT2D eigenvalue weighted by Crippen LogP contribution is 2.23. The monoisotopic (exact) mass is 298 g/mol. The Morgan fingerprint density at radius 1 is 1.41 bits per heavy atom. The number of rotatable bonds is 5. The Morgan fingerprint density at radius 3 is 2.82 bits per heavy atom. The van der Waals surface area contributed by atoms with Gasteiger partial charge in [0.2, 0.25) is 0 Å². The Bertz CT molecular complexity index is 713. The summed E-state index contributed by atoms with van der Waals surface area (Å²) in [7, 11) is 0. The predicted octanol–water partition coefficient (Wildman–Crippen LogP) is 2.62. The van der Waals surface area contributed by atoms with E-state index in [0.717, 1.165) is 11.3 Å². The van der Waals surface area contributed by atoms with Crippen LogP contribution in [0.25, 0.3) is 0 Å². The molecule has 2 aromatic rings. The minimum Gasteiger partial charge on any atom is -0.466 e. The van der Waals surface area contributed by atoms with Gasteiger partial charge < -0.3 is 14.8 Å². The van der Waals surface area contributed by atoms with E-state index in [4.69, 9.17) is 9.68 Å². The first-order chi connectivity index (χ1) is 10.5. The third kappa shape index (κ3) is 3.74. The zero-order valence-electron chi connectivity index (χ0n) is 12.6. The van der Waals surface area contributed by atoms with Crippen molar-refractivity contribution in [2.45, 2.75) is 26.4 Å². The highest BCUT2D eigenvalue weighted by Gasteiger charge is 2.15. The van der Waals surface area contributed by atoms with E-state index in [0.29, 0.717) is 29.9 Å². The molecule has 1 aromatic heterocycles. The second kappa shape index (κ2) is 6.92. The Hall–Kier alpha value is -2.58. The molecular formula is C17H18N2O3. The molecule has 22 heavy (non-hydrogen) atoms. The number of carbonyl (C=O) groups excluding carboxylic acids is 1. The van der Waals surface area contributed by atoms with Crippen LogP contribution in [-0.4, -0.2) is 17.6 Å². The number of aliphatic hydroxyl groups is 1. The number of aryl methyl sites for hydroxylation is 2. The van der Waals surface area contributed by atoms with E-state index in [2.05, 4.69) is 5.32 Å². The van der Waals surface area contributed by atoms with Gasteiger partial charge in [0.25, 0.3) is 5.91 Å². The van der Waals surface area contributed by atoms with Gasteiger partial charge in [0, 0.05) is 17.7 Å². The minimum atomic E-state index is -0.678. The molecule has 1 atom stereocenters. The molecule has 0 saturated carbocycles. The quantitative estimate of drug-likeness (QED) is 0.888. The van der Waals surface area contributed by atoms with Gasteiger partial charge in [-0.2, -0.15) is 5.26 Å². The smallest absolute Gasteiger partial charge is 0.251 e. The summed E-state index contributed by atoms with van der Waals surface area (Å²) < 4.78 is 5.38. The van der Waals surface area contributed by atoms with Gasteiger partial charge in [0.15, 0.2) is 0 Å². The Balaban J connectivity index is 1.89. The van der Waals surface area contributed by atoms with Crippen molar-refractivity contribution in [3.05, 3.63) is 58.5 Å². The maximum atomic E-state index is 12.0. The largest absolute Gasteiger partial charge is 0.466 e. The second-order valence-corrected chi connectivity index (χ2v) is 5.12. The number of benzene rings is 1. The van der Waals surface area contributed by atoms with Gasteiger partial charge in [-0.15, -0.1) is 0 Å². The summed E-state index contributed by atoms with van der Waals surface area (Å²) in [6.07, 6.45) is -0.285. The number of nitrogens with zero attached hydrogens (tertiary/aromatic N) is 1. The molecule has 1 aromatic carbocycles. The van der Waals surface area contributed by atoms with E-state index in [1.807, 2.05) is 13.0 Å². The van der Waals surface area contributed by atoms with Crippen LogP contribution in [0, 0.1) is 25.2 Å². The van der Waals surface area contributed by atoms with Crippen molar-refractivity contribution in [2.24, 2.45) is 0 Å². The average molecular weight is 298 g/mol. The minimum absolute atomic E-state index is 0.260. The van der Waals surface area contributed by atoms with E-state index >= 15 is 0 Å². The molecule has 1 unspecified atom stereocenters. The number of hydrogen-bond acceptors (Lipinski definition) is 4. The molecule has 114 valence electrons. The number of nitriles is 1. The number of aliphatic hydroxyl groups excluding tert-OH is 1. The van der Waals surface area contributed by atoms with Gasteiger partial charge in [-0.1, -0.05) is 6.07 Å². The topological polar surface area (TPSA) is 86.3 Å². The van der Waals surface area contributed by atoms with E-state index < -0.39 is 6.10 Å². The van der Waals surface area contributed by atoms with Crippen LogP contribution in [-0.2, 0) is 0 Å². The summed E-state index contributed by atoms with van der Waals surface area (Å²) in [6.45, 7) is 3.96. The molecule has 2 N–H and O–H groups in total. The molecule has 2 rings (SSSR count). The number of hydrogen-bond donors (Lipinski definition) is 2. The third-order valence-electron chi connectivity index (χ3n) is 3.40. The summed E-state index contributed by atoms with van der Waals surface area (Å²) in [5.74, 6) is 1.19. The zero-order chi connectivity index (χ0) is 16.1. The fraction of sp³-hybridized carbons (Fsp3) is 0.294. The fourth-order valence-corrected chi connectivity index (χ4v) is 2.29. The van der Waals surface area contributed by atoms with E-state index in [9.17, 15) is 9.90 Å². The van der Waals surface area contributed by atoms with Gasteiger partial charge in [0.1, 0.15) is 11.5 Å². The lowest BCUT2D eigenvalue weighted by Crippen LogP contribution is -2.25. The average Bonchev–Trinajstić information content (AvgIpc) is 2.85. The Morgan fingerprint density at radius 2 is 2.18 bits per heavy atom. The van der Waals surface area contributed by atoms with Gasteiger partial charge in [-0.05, 0) is 44.5 Å². The van der Waals surface area contributed by atoms with E-state index in [-0.39, 0.29) is 5.91 Å². The van der Waals surface area contributed by atoms with Crippen molar-refractivity contribution in [1.29, 1.82) is 5.26 Å². The zero-order valence-corrected chi connectivity index (χ0v) is 12.6. The molecule has 0 radical (unpaired) electrons. The van der Waals surface area contributed by atoms with Crippen molar-refractivity contribution >= 4 is 5.91 Å². The van der Waals surface area contributed by atoms with Crippen LogP contribution in [0.3, 0.4) is 0 Å². The number of amides is 1. The third-order valence-corrected chi connectivity index (χ3v) is 3.40. The lowest BCUT2D eigenvalue weighted by Gasteiger charge is -2.10. The van der Waals surface area contributed by atoms with Crippen molar-refractivity contribution < 1.29 is 14.3 Å². The molecule has 0 aliphatic rings. The Kier molecular flexibility index (Phi) is 4.97. The summed E-state index contributed by atoms with van der Waals surface area (Å²) in [6, 6.07) is 10.3. The lowest BCUT2D eigenvalue weighted by atomic mass is 10.1. The van der Waals surface area contributed by atoms with Crippen molar-refractivity contribution in [1.82, 2.24) is 5.32 Å². The molecule has 0 aliphatic carbocycles. The molecule has 5 heteroatoms. The fourth-order valence-electron chi connectivity index (χ4n) is 2.29. The van der Waals surface area contributed by atoms with Crippen LogP contribution in [0.15, 0.2) is 34.7 Å². The maximum Gasteiger partial charge on any atom is 0.251 e. The van der Waals surface area contributed by atoms with Gasteiger partial charge in [-0.25, -0.2) is 0 Å². The van der Waals surface area contributed by atoms with Crippen LogP contribution >= 0.6 is 0 Å². The first-order valence-corrected chi connectivity index (χ1v) is 7.04. The summed E-state index contributed by atoms with van der Waals surface area (Å²) in [4.78, 5) is 12.0. The molecule has 0 aliphatic heterocycles. The van der Waals surface area contributed by atoms with Crippen LogP contribution in [0.4, 0.5) is 0 Å². The summed E-state index contributed by atoms with van der Waals surface area (Å²) >= 11 is 0. The first kappa shape index (κ1) is 15.8. The molecule has 0 spiro atoms. The van der Waals surface area contributed by atoms with Crippen LogP contribution in [0.2, 0.25) is 0 Å². The SMILES string of the molecule is Cc1cc(C(O)CCNC(=O)c2cccc(C#N)c2)c(C)o1. The van der Waals surface area contributed by atoms with Gasteiger partial charge in [-0.3, -0.25) is 4.79 Å². The number of carbonyl (C=O) groups is 1. The summed E-state index contributed by atoms with van der Waals surface area (Å²) in [5, 5.41) is 21.7. The predicted molar refractivity (Wildman–Crippen MR) is 81.2 cm³/mol. The summed E-state index contributed by atoms with van der Waals surface area (Å²) in [5.41, 5.74) is 1.62. The molecule has 0 fully saturated rings. The Labute approximate surface area is 129 Å². The van der Waals surface area contributed by atoms with Crippen LogP contribution in [0.5, 0.6) is 0 Å². The standard InChI is InChI=1S/C17H18N2O3/c1-11-8-15(12(2)22-11)16(20)6-7-19-17(21)14-5-3-4-13(9-14)10-18/h3-5,8-9,16,20H,6-7H2,1-2H3,(H,19,21). The molecule has 0 bridgehead atoms. The van der Waals surface area contributed by atoms with Crippen molar-refractivity contribution in [3.63, 3.8) is 0 Å². The van der Waals surface area contributed by atoms with Crippen LogP contribution in [0.1, 0.15) is 45.5 Å². The van der Waals surface area contributed by atoms with E-state index in [1.165, 1.54) is 6.07 Å². The number of furan rings is 1. The highest BCUT2D eigenvalue weighted by molar-refractivity contribution is 5.94. The highest BCUT2D eigenvalue weighted by atomic mass is 16.3.